The molecule has 0 unspecified atom stereocenters. The number of morpholine rings is 1. The fourth-order valence-electron chi connectivity index (χ4n) is 1.33. The topological polar surface area (TPSA) is 80.6 Å². The fraction of sp³-hybridized carbons (Fsp3) is 0.714. The van der Waals surface area contributed by atoms with Crippen molar-refractivity contribution in [3.8, 4) is 0 Å². The zero-order chi connectivity index (χ0) is 13.4. The Morgan fingerprint density at radius 3 is 2.33 bits per heavy atom. The van der Waals surface area contributed by atoms with Crippen LogP contribution in [0.4, 0.5) is 0 Å². The molecule has 0 aliphatic carbocycles. The molecule has 0 radical (unpaired) electrons. The summed E-state index contributed by atoms with van der Waals surface area (Å²) >= 11 is 9.47. The smallest absolute Gasteiger partial charge is 0.370 e. The molecule has 11 heteroatoms. The molecule has 102 valence electrons. The van der Waals surface area contributed by atoms with Crippen LogP contribution in [-0.2, 0) is 19.7 Å². The van der Waals surface area contributed by atoms with E-state index in [0.29, 0.717) is 26.3 Å². The van der Waals surface area contributed by atoms with Crippen LogP contribution in [0.3, 0.4) is 0 Å². The normalized spacial score (nSPS) is 24.1. The van der Waals surface area contributed by atoms with Gasteiger partial charge in [0.25, 0.3) is 0 Å². The van der Waals surface area contributed by atoms with Crippen molar-refractivity contribution in [2.24, 2.45) is 8.80 Å². The van der Waals surface area contributed by atoms with Gasteiger partial charge in [-0.25, -0.2) is 0 Å². The number of alkyl halides is 3. The maximum atomic E-state index is 11.6. The van der Waals surface area contributed by atoms with Crippen molar-refractivity contribution in [1.29, 1.82) is 0 Å². The maximum absolute atomic E-state index is 11.6. The number of hydrogen-bond acceptors (Lipinski definition) is 5. The van der Waals surface area contributed by atoms with Crippen LogP contribution in [0.5, 0.6) is 0 Å². The van der Waals surface area contributed by atoms with E-state index in [-0.39, 0.29) is 11.9 Å². The lowest BCUT2D eigenvalue weighted by molar-refractivity contribution is 0.0610. The minimum absolute atomic E-state index is 0.00558. The van der Waals surface area contributed by atoms with Crippen molar-refractivity contribution in [2.45, 2.75) is 2.14 Å². The fourth-order valence-corrected chi connectivity index (χ4v) is 2.97. The number of amidine groups is 1. The van der Waals surface area contributed by atoms with Gasteiger partial charge in [0.15, 0.2) is 0 Å². The Bertz CT molecular complexity index is 493. The first-order valence-corrected chi connectivity index (χ1v) is 8.58. The second-order valence-corrected chi connectivity index (χ2v) is 11.4. The minimum Gasteiger partial charge on any atom is -0.406 e. The van der Waals surface area contributed by atoms with Gasteiger partial charge in [-0.05, 0) is 47.8 Å². The Hall–Kier alpha value is 0.290. The van der Waals surface area contributed by atoms with Gasteiger partial charge in [-0.3, -0.25) is 0 Å². The second-order valence-electron chi connectivity index (χ2n) is 3.42. The lowest BCUT2D eigenvalue weighted by atomic mass is 10.4. The molecule has 0 aromatic rings. The van der Waals surface area contributed by atoms with Crippen molar-refractivity contribution in [1.82, 2.24) is 4.90 Å². The van der Waals surface area contributed by atoms with Gasteiger partial charge in [0, 0.05) is 13.1 Å². The van der Waals surface area contributed by atoms with Crippen molar-refractivity contribution in [3.05, 3.63) is 0 Å². The molecule has 0 atom stereocenters. The summed E-state index contributed by atoms with van der Waals surface area (Å²) in [5, 5.41) is 0. The lowest BCUT2D eigenvalue weighted by Gasteiger charge is -2.30. The molecule has 0 bridgehead atoms. The van der Waals surface area contributed by atoms with Gasteiger partial charge in [0.1, 0.15) is 0 Å². The molecule has 1 fully saturated rings. The van der Waals surface area contributed by atoms with Crippen LogP contribution in [0.15, 0.2) is 8.80 Å². The molecular formula is C7H8Br3N3O4S. The van der Waals surface area contributed by atoms with E-state index in [2.05, 4.69) is 56.6 Å². The molecule has 2 heterocycles. The lowest BCUT2D eigenvalue weighted by Crippen LogP contribution is -2.45. The van der Waals surface area contributed by atoms with Crippen LogP contribution >= 0.6 is 47.8 Å². The molecule has 0 spiro atoms. The minimum atomic E-state index is -3.94. The molecule has 7 nitrogen and oxygen atoms in total. The Balaban J connectivity index is 2.26. The first-order chi connectivity index (χ1) is 8.28. The highest BCUT2D eigenvalue weighted by atomic mass is 80.0. The highest BCUT2D eigenvalue weighted by molar-refractivity contribution is 9.40. The average molecular weight is 470 g/mol. The second kappa shape index (κ2) is 5.35. The van der Waals surface area contributed by atoms with Crippen LogP contribution in [0, 0.1) is 0 Å². The third-order valence-electron chi connectivity index (χ3n) is 2.10. The summed E-state index contributed by atoms with van der Waals surface area (Å²) in [4.78, 5) is 1.69. The van der Waals surface area contributed by atoms with Crippen molar-refractivity contribution in [2.75, 3.05) is 26.3 Å². The number of nitrogens with zero attached hydrogens (tertiary/aromatic N) is 3. The molecule has 2 aliphatic rings. The monoisotopic (exact) mass is 467 g/mol. The maximum Gasteiger partial charge on any atom is 0.370 e. The van der Waals surface area contributed by atoms with E-state index in [1.54, 1.807) is 4.90 Å². The van der Waals surface area contributed by atoms with Gasteiger partial charge in [0.05, 0.1) is 13.2 Å². The molecule has 0 aromatic heterocycles. The predicted octanol–water partition coefficient (Wildman–Crippen LogP) is 1.19. The molecule has 1 saturated heterocycles. The molecule has 2 aliphatic heterocycles. The quantitative estimate of drug-likeness (QED) is 0.498. The van der Waals surface area contributed by atoms with Gasteiger partial charge >= 0.3 is 16.2 Å². The number of rotatable bonds is 0. The summed E-state index contributed by atoms with van der Waals surface area (Å²) in [6, 6.07) is 0.00558. The highest BCUT2D eigenvalue weighted by Gasteiger charge is 2.37. The summed E-state index contributed by atoms with van der Waals surface area (Å²) in [6.45, 7) is 2.02. The van der Waals surface area contributed by atoms with Gasteiger partial charge < -0.3 is 14.4 Å². The largest absolute Gasteiger partial charge is 0.406 e. The van der Waals surface area contributed by atoms with E-state index in [1.165, 1.54) is 0 Å². The zero-order valence-corrected chi connectivity index (χ0v) is 14.4. The summed E-state index contributed by atoms with van der Waals surface area (Å²) in [6.07, 6.45) is 0. The van der Waals surface area contributed by atoms with E-state index in [0.717, 1.165) is 0 Å². The van der Waals surface area contributed by atoms with Gasteiger partial charge in [-0.1, -0.05) is 4.40 Å². The molecule has 2 rings (SSSR count). The van der Waals surface area contributed by atoms with E-state index < -0.39 is 12.4 Å². The van der Waals surface area contributed by atoms with Crippen LogP contribution < -0.4 is 0 Å². The number of hydrogen-bond donors (Lipinski definition) is 0. The van der Waals surface area contributed by atoms with Crippen LogP contribution in [-0.4, -0.2) is 53.7 Å². The average Bonchev–Trinajstić information content (AvgIpc) is 2.27. The van der Waals surface area contributed by atoms with E-state index in [9.17, 15) is 8.42 Å². The van der Waals surface area contributed by atoms with Crippen molar-refractivity contribution in [3.63, 3.8) is 0 Å². The van der Waals surface area contributed by atoms with Gasteiger partial charge in [-0.2, -0.15) is 8.42 Å². The van der Waals surface area contributed by atoms with Gasteiger partial charge in [0.2, 0.25) is 8.04 Å². The Kier molecular flexibility index (Phi) is 4.37. The van der Waals surface area contributed by atoms with Gasteiger partial charge in [-0.15, -0.1) is 4.40 Å². The predicted molar refractivity (Wildman–Crippen MR) is 76.8 cm³/mol. The SMILES string of the molecule is O=S1(=O)N=C(N2CCOCC2)OC(C(Br)(Br)Br)=N1. The number of ether oxygens (including phenoxy) is 2. The molecule has 18 heavy (non-hydrogen) atoms. The van der Waals surface area contributed by atoms with Crippen molar-refractivity contribution < 1.29 is 17.9 Å². The van der Waals surface area contributed by atoms with E-state index in [1.807, 2.05) is 0 Å². The summed E-state index contributed by atoms with van der Waals surface area (Å²) in [5.74, 6) is -0.0843. The van der Waals surface area contributed by atoms with Crippen LogP contribution in [0.25, 0.3) is 0 Å². The van der Waals surface area contributed by atoms with E-state index in [4.69, 9.17) is 9.47 Å². The third-order valence-corrected chi connectivity index (χ3v) is 3.90. The standard InChI is InChI=1S/C7H8Br3N3O4S/c8-7(9,10)5-11-18(14,15)12-6(17-5)13-1-3-16-4-2-13/h1-4H2. The molecule has 0 saturated carbocycles. The molecular weight excluding hydrogens is 462 g/mol. The number of halogens is 3. The summed E-state index contributed by atoms with van der Waals surface area (Å²) in [5.41, 5.74) is 0. The molecule has 0 aromatic carbocycles. The van der Waals surface area contributed by atoms with Crippen LogP contribution in [0.2, 0.25) is 0 Å². The Labute approximate surface area is 129 Å². The highest BCUT2D eigenvalue weighted by Crippen LogP contribution is 2.37. The first kappa shape index (κ1) is 14.7. The summed E-state index contributed by atoms with van der Waals surface area (Å²) in [7, 11) is -3.94. The molecule has 0 amide bonds. The first-order valence-electron chi connectivity index (χ1n) is 4.80. The summed E-state index contributed by atoms with van der Waals surface area (Å²) < 4.78 is 39.6. The third kappa shape index (κ3) is 3.65. The Morgan fingerprint density at radius 1 is 1.17 bits per heavy atom. The van der Waals surface area contributed by atoms with E-state index >= 15 is 0 Å². The Morgan fingerprint density at radius 2 is 1.78 bits per heavy atom. The van der Waals surface area contributed by atoms with Crippen LogP contribution in [0.1, 0.15) is 0 Å². The zero-order valence-electron chi connectivity index (χ0n) is 8.85. The van der Waals surface area contributed by atoms with Crippen molar-refractivity contribution >= 4 is 69.9 Å². The molecule has 0 N–H and O–H groups in total.